The molecule has 1 aliphatic heterocycles. The van der Waals surface area contributed by atoms with Crippen molar-refractivity contribution in [1.29, 1.82) is 0 Å². The summed E-state index contributed by atoms with van der Waals surface area (Å²) in [5.74, 6) is -8.93. The molecule has 1 saturated heterocycles. The number of amides is 1. The zero-order valence-electron chi connectivity index (χ0n) is 9.93. The standard InChI is InChI=1S/C10H12F5NO3/c1-8(7(18)19)2-4-16(5-3-8)6(17)9(11,12)10(13,14)15/h2-5H2,1H3,(H,18,19). The quantitative estimate of drug-likeness (QED) is 0.790. The van der Waals surface area contributed by atoms with Crippen LogP contribution in [-0.2, 0) is 9.59 Å². The lowest BCUT2D eigenvalue weighted by atomic mass is 9.80. The second-order valence-corrected chi connectivity index (χ2v) is 4.73. The predicted molar refractivity (Wildman–Crippen MR) is 52.6 cm³/mol. The van der Waals surface area contributed by atoms with E-state index in [2.05, 4.69) is 0 Å². The minimum Gasteiger partial charge on any atom is -0.481 e. The zero-order chi connectivity index (χ0) is 15.1. The van der Waals surface area contributed by atoms with Gasteiger partial charge in [0.2, 0.25) is 0 Å². The summed E-state index contributed by atoms with van der Waals surface area (Å²) in [5.41, 5.74) is -1.20. The number of aliphatic carboxylic acids is 1. The van der Waals surface area contributed by atoms with Gasteiger partial charge in [-0.2, -0.15) is 22.0 Å². The van der Waals surface area contributed by atoms with Gasteiger partial charge in [0.15, 0.2) is 0 Å². The molecule has 9 heteroatoms. The van der Waals surface area contributed by atoms with Crippen molar-refractivity contribution in [3.8, 4) is 0 Å². The number of nitrogens with zero attached hydrogens (tertiary/aromatic N) is 1. The van der Waals surface area contributed by atoms with Gasteiger partial charge in [-0.25, -0.2) is 0 Å². The van der Waals surface area contributed by atoms with Crippen LogP contribution in [0.3, 0.4) is 0 Å². The highest BCUT2D eigenvalue weighted by molar-refractivity contribution is 5.85. The van der Waals surface area contributed by atoms with E-state index in [1.54, 1.807) is 0 Å². The molecule has 1 aliphatic rings. The van der Waals surface area contributed by atoms with Gasteiger partial charge in [0.1, 0.15) is 0 Å². The van der Waals surface area contributed by atoms with Crippen molar-refractivity contribution in [2.24, 2.45) is 5.41 Å². The van der Waals surface area contributed by atoms with Gasteiger partial charge in [0, 0.05) is 13.1 Å². The lowest BCUT2D eigenvalue weighted by Crippen LogP contribution is -2.55. The normalized spacial score (nSPS) is 20.2. The van der Waals surface area contributed by atoms with E-state index in [-0.39, 0.29) is 12.8 Å². The highest BCUT2D eigenvalue weighted by Gasteiger charge is 2.64. The summed E-state index contributed by atoms with van der Waals surface area (Å²) in [5, 5.41) is 8.88. The fourth-order valence-corrected chi connectivity index (χ4v) is 1.74. The first-order valence-electron chi connectivity index (χ1n) is 5.39. The topological polar surface area (TPSA) is 57.6 Å². The SMILES string of the molecule is CC1(C(=O)O)CCN(C(=O)C(F)(F)C(F)(F)F)CC1. The number of carboxylic acid groups (broad SMARTS) is 1. The Hall–Kier alpha value is -1.41. The Bertz CT molecular complexity index is 385. The van der Waals surface area contributed by atoms with E-state index < -0.39 is 42.5 Å². The van der Waals surface area contributed by atoms with Crippen LogP contribution in [0, 0.1) is 5.41 Å². The predicted octanol–water partition coefficient (Wildman–Crippen LogP) is 1.90. The van der Waals surface area contributed by atoms with Crippen LogP contribution in [-0.4, -0.2) is 47.1 Å². The van der Waals surface area contributed by atoms with E-state index in [1.165, 1.54) is 6.92 Å². The number of rotatable bonds is 2. The fourth-order valence-electron chi connectivity index (χ4n) is 1.74. The first-order chi connectivity index (χ1) is 8.42. The molecule has 1 rings (SSSR count). The van der Waals surface area contributed by atoms with E-state index in [0.717, 1.165) is 0 Å². The smallest absolute Gasteiger partial charge is 0.463 e. The second kappa shape index (κ2) is 4.61. The van der Waals surface area contributed by atoms with Crippen molar-refractivity contribution in [3.05, 3.63) is 0 Å². The number of likely N-dealkylation sites (tertiary alicyclic amines) is 1. The minimum absolute atomic E-state index is 0.165. The monoisotopic (exact) mass is 289 g/mol. The molecular weight excluding hydrogens is 277 g/mol. The molecule has 0 aromatic heterocycles. The summed E-state index contributed by atoms with van der Waals surface area (Å²) in [6.45, 7) is 0.486. The summed E-state index contributed by atoms with van der Waals surface area (Å²) in [6, 6.07) is 0. The Kier molecular flexibility index (Phi) is 3.79. The number of carboxylic acids is 1. The van der Waals surface area contributed by atoms with Crippen LogP contribution in [0.15, 0.2) is 0 Å². The van der Waals surface area contributed by atoms with Gasteiger partial charge in [-0.05, 0) is 19.8 Å². The molecule has 0 spiro atoms. The van der Waals surface area contributed by atoms with Crippen LogP contribution in [0.5, 0.6) is 0 Å². The fraction of sp³-hybridized carbons (Fsp3) is 0.800. The average molecular weight is 289 g/mol. The van der Waals surface area contributed by atoms with Crippen molar-refractivity contribution in [1.82, 2.24) is 4.90 Å². The lowest BCUT2D eigenvalue weighted by molar-refractivity contribution is -0.275. The zero-order valence-corrected chi connectivity index (χ0v) is 9.93. The van der Waals surface area contributed by atoms with E-state index in [9.17, 15) is 31.5 Å². The Labute approximate surface area is 105 Å². The van der Waals surface area contributed by atoms with Gasteiger partial charge in [0.05, 0.1) is 5.41 Å². The second-order valence-electron chi connectivity index (χ2n) is 4.73. The maximum absolute atomic E-state index is 12.8. The Morgan fingerprint density at radius 3 is 1.84 bits per heavy atom. The number of carbonyl (C=O) groups is 2. The molecule has 0 unspecified atom stereocenters. The summed E-state index contributed by atoms with van der Waals surface area (Å²) in [7, 11) is 0. The minimum atomic E-state index is -5.95. The summed E-state index contributed by atoms with van der Waals surface area (Å²) < 4.78 is 61.7. The number of hydrogen-bond donors (Lipinski definition) is 1. The van der Waals surface area contributed by atoms with Gasteiger partial charge >= 0.3 is 24.0 Å². The third-order valence-electron chi connectivity index (χ3n) is 3.30. The van der Waals surface area contributed by atoms with Crippen molar-refractivity contribution in [2.45, 2.75) is 31.9 Å². The molecule has 0 aliphatic carbocycles. The molecule has 0 aromatic carbocycles. The summed E-state index contributed by atoms with van der Waals surface area (Å²) >= 11 is 0. The van der Waals surface area contributed by atoms with Gasteiger partial charge < -0.3 is 10.0 Å². The van der Waals surface area contributed by atoms with Crippen LogP contribution in [0.4, 0.5) is 22.0 Å². The third-order valence-corrected chi connectivity index (χ3v) is 3.30. The summed E-state index contributed by atoms with van der Waals surface area (Å²) in [6.07, 6.45) is -6.28. The Balaban J connectivity index is 2.77. The average Bonchev–Trinajstić information content (AvgIpc) is 2.27. The molecule has 1 fully saturated rings. The molecule has 0 bridgehead atoms. The van der Waals surface area contributed by atoms with Crippen LogP contribution in [0.1, 0.15) is 19.8 Å². The van der Waals surface area contributed by atoms with Crippen molar-refractivity contribution in [3.63, 3.8) is 0 Å². The van der Waals surface area contributed by atoms with Crippen molar-refractivity contribution < 1.29 is 36.6 Å². The van der Waals surface area contributed by atoms with E-state index in [4.69, 9.17) is 5.11 Å². The maximum Gasteiger partial charge on any atom is 0.463 e. The van der Waals surface area contributed by atoms with E-state index in [1.807, 2.05) is 0 Å². The third kappa shape index (κ3) is 2.79. The highest BCUT2D eigenvalue weighted by atomic mass is 19.4. The molecule has 19 heavy (non-hydrogen) atoms. The molecule has 110 valence electrons. The number of alkyl halides is 5. The number of hydrogen-bond acceptors (Lipinski definition) is 2. The molecule has 1 heterocycles. The van der Waals surface area contributed by atoms with Gasteiger partial charge in [-0.3, -0.25) is 9.59 Å². The number of carbonyl (C=O) groups excluding carboxylic acids is 1. The van der Waals surface area contributed by atoms with Gasteiger partial charge in [0.25, 0.3) is 0 Å². The molecular formula is C10H12F5NO3. The molecule has 1 amide bonds. The lowest BCUT2D eigenvalue weighted by Gasteiger charge is -2.37. The largest absolute Gasteiger partial charge is 0.481 e. The molecule has 4 nitrogen and oxygen atoms in total. The first-order valence-corrected chi connectivity index (χ1v) is 5.39. The van der Waals surface area contributed by atoms with E-state index in [0.29, 0.717) is 4.90 Å². The molecule has 0 atom stereocenters. The van der Waals surface area contributed by atoms with Crippen LogP contribution >= 0.6 is 0 Å². The van der Waals surface area contributed by atoms with Gasteiger partial charge in [-0.15, -0.1) is 0 Å². The number of piperidine rings is 1. The molecule has 0 aromatic rings. The maximum atomic E-state index is 12.8. The molecule has 0 radical (unpaired) electrons. The first kappa shape index (κ1) is 15.6. The van der Waals surface area contributed by atoms with E-state index >= 15 is 0 Å². The summed E-state index contributed by atoms with van der Waals surface area (Å²) in [4.78, 5) is 22.4. The van der Waals surface area contributed by atoms with Crippen LogP contribution in [0.25, 0.3) is 0 Å². The highest BCUT2D eigenvalue weighted by Crippen LogP contribution is 2.39. The van der Waals surface area contributed by atoms with Crippen molar-refractivity contribution in [2.75, 3.05) is 13.1 Å². The van der Waals surface area contributed by atoms with Crippen LogP contribution < -0.4 is 0 Å². The Morgan fingerprint density at radius 2 is 1.53 bits per heavy atom. The van der Waals surface area contributed by atoms with Crippen LogP contribution in [0.2, 0.25) is 0 Å². The molecule has 1 N–H and O–H groups in total. The van der Waals surface area contributed by atoms with Crippen molar-refractivity contribution >= 4 is 11.9 Å². The molecule has 0 saturated carbocycles. The Morgan fingerprint density at radius 1 is 1.11 bits per heavy atom. The number of halogens is 5. The van der Waals surface area contributed by atoms with Gasteiger partial charge in [-0.1, -0.05) is 0 Å².